The van der Waals surface area contributed by atoms with E-state index in [0.717, 1.165) is 20.2 Å². The molecular formula is C14H12Br2N2O. The molecule has 1 N–H and O–H groups in total. The molecule has 2 rings (SSSR count). The number of benzene rings is 1. The molecule has 0 aliphatic carbocycles. The summed E-state index contributed by atoms with van der Waals surface area (Å²) in [7, 11) is 0. The smallest absolute Gasteiger partial charge is 0.255 e. The minimum atomic E-state index is -0.149. The van der Waals surface area contributed by atoms with E-state index in [9.17, 15) is 4.79 Å². The van der Waals surface area contributed by atoms with E-state index < -0.39 is 0 Å². The predicted octanol–water partition coefficient (Wildman–Crippen LogP) is 4.48. The number of nitrogens with zero attached hydrogens (tertiary/aromatic N) is 1. The van der Waals surface area contributed by atoms with E-state index in [1.807, 2.05) is 32.0 Å². The van der Waals surface area contributed by atoms with Crippen LogP contribution in [0.25, 0.3) is 0 Å². The Bertz CT molecular complexity index is 641. The number of carbonyl (C=O) groups excluding carboxylic acids is 1. The maximum absolute atomic E-state index is 12.1. The van der Waals surface area contributed by atoms with Crippen LogP contribution < -0.4 is 5.32 Å². The lowest BCUT2D eigenvalue weighted by molar-refractivity contribution is 0.102. The van der Waals surface area contributed by atoms with Crippen LogP contribution in [0.1, 0.15) is 21.5 Å². The van der Waals surface area contributed by atoms with Gasteiger partial charge >= 0.3 is 0 Å². The van der Waals surface area contributed by atoms with E-state index in [1.165, 1.54) is 0 Å². The second kappa shape index (κ2) is 5.84. The van der Waals surface area contributed by atoms with Crippen molar-refractivity contribution in [3.05, 3.63) is 56.2 Å². The predicted molar refractivity (Wildman–Crippen MR) is 83.5 cm³/mol. The number of amides is 1. The van der Waals surface area contributed by atoms with Crippen LogP contribution in [-0.4, -0.2) is 10.9 Å². The Labute approximate surface area is 128 Å². The van der Waals surface area contributed by atoms with E-state index in [4.69, 9.17) is 0 Å². The number of pyridine rings is 1. The van der Waals surface area contributed by atoms with Gasteiger partial charge in [0, 0.05) is 10.0 Å². The van der Waals surface area contributed by atoms with E-state index in [1.54, 1.807) is 12.3 Å². The second-order valence-electron chi connectivity index (χ2n) is 4.25. The SMILES string of the molecule is Cc1ccc(C(=O)Nc2cnc(Br)c(C)c2)cc1Br. The molecule has 0 aliphatic rings. The quantitative estimate of drug-likeness (QED) is 0.777. The van der Waals surface area contributed by atoms with Crippen molar-refractivity contribution in [2.24, 2.45) is 0 Å². The minimum absolute atomic E-state index is 0.149. The van der Waals surface area contributed by atoms with Crippen LogP contribution in [0.5, 0.6) is 0 Å². The molecule has 1 heterocycles. The molecule has 5 heteroatoms. The highest BCUT2D eigenvalue weighted by molar-refractivity contribution is 9.10. The number of hydrogen-bond donors (Lipinski definition) is 1. The lowest BCUT2D eigenvalue weighted by Gasteiger charge is -2.07. The molecular weight excluding hydrogens is 372 g/mol. The monoisotopic (exact) mass is 382 g/mol. The maximum atomic E-state index is 12.1. The highest BCUT2D eigenvalue weighted by atomic mass is 79.9. The zero-order chi connectivity index (χ0) is 14.0. The van der Waals surface area contributed by atoms with Crippen LogP contribution in [0.2, 0.25) is 0 Å². The molecule has 0 unspecified atom stereocenters. The molecule has 1 aromatic carbocycles. The summed E-state index contributed by atoms with van der Waals surface area (Å²) < 4.78 is 1.70. The molecule has 0 saturated carbocycles. The molecule has 0 bridgehead atoms. The van der Waals surface area contributed by atoms with Crippen LogP contribution >= 0.6 is 31.9 Å². The van der Waals surface area contributed by atoms with Crippen LogP contribution in [0.4, 0.5) is 5.69 Å². The third-order valence-corrected chi connectivity index (χ3v) is 4.39. The van der Waals surface area contributed by atoms with Crippen LogP contribution in [0.15, 0.2) is 39.5 Å². The van der Waals surface area contributed by atoms with Gasteiger partial charge < -0.3 is 5.32 Å². The topological polar surface area (TPSA) is 42.0 Å². The van der Waals surface area contributed by atoms with Crippen molar-refractivity contribution in [1.29, 1.82) is 0 Å². The van der Waals surface area contributed by atoms with Crippen LogP contribution in [0, 0.1) is 13.8 Å². The molecule has 0 radical (unpaired) electrons. The van der Waals surface area contributed by atoms with E-state index in [-0.39, 0.29) is 5.91 Å². The molecule has 3 nitrogen and oxygen atoms in total. The normalized spacial score (nSPS) is 10.3. The first-order valence-corrected chi connectivity index (χ1v) is 7.25. The van der Waals surface area contributed by atoms with E-state index in [2.05, 4.69) is 42.2 Å². The molecule has 0 aliphatic heterocycles. The number of rotatable bonds is 2. The molecule has 1 aromatic heterocycles. The number of aryl methyl sites for hydroxylation is 2. The summed E-state index contributed by atoms with van der Waals surface area (Å²) in [6, 6.07) is 7.39. The molecule has 19 heavy (non-hydrogen) atoms. The van der Waals surface area contributed by atoms with Crippen molar-refractivity contribution in [2.45, 2.75) is 13.8 Å². The Balaban J connectivity index is 2.20. The number of anilines is 1. The molecule has 0 saturated heterocycles. The number of carbonyl (C=O) groups is 1. The van der Waals surface area contributed by atoms with E-state index in [0.29, 0.717) is 11.3 Å². The zero-order valence-electron chi connectivity index (χ0n) is 10.5. The molecule has 98 valence electrons. The van der Waals surface area contributed by atoms with Gasteiger partial charge in [0.05, 0.1) is 11.9 Å². The van der Waals surface area contributed by atoms with Crippen LogP contribution in [0.3, 0.4) is 0 Å². The van der Waals surface area contributed by atoms with Gasteiger partial charge in [-0.05, 0) is 59.1 Å². The van der Waals surface area contributed by atoms with Gasteiger partial charge in [-0.25, -0.2) is 4.98 Å². The fraction of sp³-hybridized carbons (Fsp3) is 0.143. The summed E-state index contributed by atoms with van der Waals surface area (Å²) in [6.45, 7) is 3.91. The van der Waals surface area contributed by atoms with Crippen molar-refractivity contribution in [3.8, 4) is 0 Å². The van der Waals surface area contributed by atoms with Gasteiger partial charge in [-0.2, -0.15) is 0 Å². The summed E-state index contributed by atoms with van der Waals surface area (Å²) >= 11 is 6.75. The maximum Gasteiger partial charge on any atom is 0.255 e. The molecule has 0 spiro atoms. The van der Waals surface area contributed by atoms with Gasteiger partial charge in [0.1, 0.15) is 4.60 Å². The van der Waals surface area contributed by atoms with Gasteiger partial charge in [0.25, 0.3) is 5.91 Å². The van der Waals surface area contributed by atoms with Crippen molar-refractivity contribution in [3.63, 3.8) is 0 Å². The lowest BCUT2D eigenvalue weighted by Crippen LogP contribution is -2.12. The first kappa shape index (κ1) is 14.2. The largest absolute Gasteiger partial charge is 0.321 e. The molecule has 0 fully saturated rings. The Morgan fingerprint density at radius 2 is 1.89 bits per heavy atom. The van der Waals surface area contributed by atoms with Crippen molar-refractivity contribution in [2.75, 3.05) is 5.32 Å². The summed E-state index contributed by atoms with van der Waals surface area (Å²) in [5.74, 6) is -0.149. The van der Waals surface area contributed by atoms with Crippen molar-refractivity contribution in [1.82, 2.24) is 4.98 Å². The van der Waals surface area contributed by atoms with Gasteiger partial charge in [0.2, 0.25) is 0 Å². The number of nitrogens with one attached hydrogen (secondary N) is 1. The number of aromatic nitrogens is 1. The Morgan fingerprint density at radius 3 is 2.53 bits per heavy atom. The Hall–Kier alpha value is -1.20. The van der Waals surface area contributed by atoms with Gasteiger partial charge in [-0.15, -0.1) is 0 Å². The highest BCUT2D eigenvalue weighted by Crippen LogP contribution is 2.20. The minimum Gasteiger partial charge on any atom is -0.321 e. The highest BCUT2D eigenvalue weighted by Gasteiger charge is 2.08. The standard InChI is InChI=1S/C14H12Br2N2O/c1-8-3-4-10(6-12(8)15)14(19)18-11-5-9(2)13(16)17-7-11/h3-7H,1-2H3,(H,18,19). The lowest BCUT2D eigenvalue weighted by atomic mass is 10.1. The summed E-state index contributed by atoms with van der Waals surface area (Å²) in [6.07, 6.45) is 1.62. The fourth-order valence-electron chi connectivity index (χ4n) is 1.56. The first-order chi connectivity index (χ1) is 8.97. The number of hydrogen-bond acceptors (Lipinski definition) is 2. The molecule has 0 atom stereocenters. The van der Waals surface area contributed by atoms with Gasteiger partial charge in [-0.1, -0.05) is 22.0 Å². The average molecular weight is 384 g/mol. The third kappa shape index (κ3) is 3.42. The third-order valence-electron chi connectivity index (χ3n) is 2.71. The van der Waals surface area contributed by atoms with Crippen molar-refractivity contribution < 1.29 is 4.79 Å². The summed E-state index contributed by atoms with van der Waals surface area (Å²) in [5, 5.41) is 2.83. The Kier molecular flexibility index (Phi) is 4.37. The Morgan fingerprint density at radius 1 is 1.16 bits per heavy atom. The zero-order valence-corrected chi connectivity index (χ0v) is 13.7. The van der Waals surface area contributed by atoms with Crippen molar-refractivity contribution >= 4 is 43.5 Å². The first-order valence-electron chi connectivity index (χ1n) is 5.67. The van der Waals surface area contributed by atoms with Gasteiger partial charge in [-0.3, -0.25) is 4.79 Å². The average Bonchev–Trinajstić information content (AvgIpc) is 2.37. The second-order valence-corrected chi connectivity index (χ2v) is 5.86. The summed E-state index contributed by atoms with van der Waals surface area (Å²) in [5.41, 5.74) is 3.36. The van der Waals surface area contributed by atoms with Crippen LogP contribution in [-0.2, 0) is 0 Å². The summed E-state index contributed by atoms with van der Waals surface area (Å²) in [4.78, 5) is 16.3. The van der Waals surface area contributed by atoms with Gasteiger partial charge in [0.15, 0.2) is 0 Å². The molecule has 2 aromatic rings. The fourth-order valence-corrected chi connectivity index (χ4v) is 2.16. The van der Waals surface area contributed by atoms with E-state index >= 15 is 0 Å². The number of halogens is 2. The molecule has 1 amide bonds.